The predicted octanol–water partition coefficient (Wildman–Crippen LogP) is 4.11. The van der Waals surface area contributed by atoms with Gasteiger partial charge in [-0.25, -0.2) is 9.59 Å². The summed E-state index contributed by atoms with van der Waals surface area (Å²) in [5.74, 6) is -0.789. The smallest absolute Gasteiger partial charge is 0.411 e. The molecule has 1 amide bonds. The molecule has 0 unspecified atom stereocenters. The number of aromatic nitrogens is 2. The van der Waals surface area contributed by atoms with Gasteiger partial charge in [-0.2, -0.15) is 9.97 Å². The highest BCUT2D eigenvalue weighted by Gasteiger charge is 2.38. The third-order valence-corrected chi connectivity index (χ3v) is 5.50. The Bertz CT molecular complexity index is 1170. The average Bonchev–Trinajstić information content (AvgIpc) is 3.32. The van der Waals surface area contributed by atoms with E-state index in [1.54, 1.807) is 68.8 Å². The van der Waals surface area contributed by atoms with Crippen molar-refractivity contribution in [2.24, 2.45) is 0 Å². The Morgan fingerprint density at radius 3 is 2.59 bits per heavy atom. The lowest BCUT2D eigenvalue weighted by Crippen LogP contribution is -2.48. The van der Waals surface area contributed by atoms with E-state index in [0.717, 1.165) is 0 Å². The zero-order chi connectivity index (χ0) is 27.3. The van der Waals surface area contributed by atoms with E-state index in [2.05, 4.69) is 15.3 Å². The normalized spacial score (nSPS) is 15.2. The van der Waals surface area contributed by atoms with E-state index in [0.29, 0.717) is 30.8 Å². The molecule has 0 saturated carbocycles. The van der Waals surface area contributed by atoms with Crippen molar-refractivity contribution < 1.29 is 28.7 Å². The van der Waals surface area contributed by atoms with Gasteiger partial charge in [-0.15, -0.1) is 0 Å². The fraction of sp³-hybridized carbons (Fsp3) is 0.500. The van der Waals surface area contributed by atoms with Gasteiger partial charge in [-0.05, 0) is 52.7 Å². The van der Waals surface area contributed by atoms with Gasteiger partial charge in [0.1, 0.15) is 17.5 Å². The molecule has 1 aliphatic heterocycles. The van der Waals surface area contributed by atoms with Crippen molar-refractivity contribution in [2.75, 3.05) is 37.5 Å². The van der Waals surface area contributed by atoms with Gasteiger partial charge in [-0.1, -0.05) is 12.1 Å². The summed E-state index contributed by atoms with van der Waals surface area (Å²) < 4.78 is 15.9. The van der Waals surface area contributed by atoms with Crippen molar-refractivity contribution in [1.82, 2.24) is 14.9 Å². The standard InChI is InChI=1S/C24H32N6O7/c1-7-36-21(31)18-19(30(33)34)20(25-15-11-8-9-12-16(15)35-6)27-22(26-18)28(5)17-13-10-14-29(17)23(32)37-24(2,3)4/h8-9,11-12,17H,7,10,13-14H2,1-6H3,(H,25,26,27)/t17-/m1/s1. The zero-order valence-corrected chi connectivity index (χ0v) is 21.8. The van der Waals surface area contributed by atoms with Crippen molar-refractivity contribution in [2.45, 2.75) is 52.3 Å². The first-order valence-corrected chi connectivity index (χ1v) is 11.8. The molecule has 3 rings (SSSR count). The molecule has 0 spiro atoms. The zero-order valence-electron chi connectivity index (χ0n) is 21.8. The molecule has 2 aromatic rings. The van der Waals surface area contributed by atoms with Crippen LogP contribution >= 0.6 is 0 Å². The van der Waals surface area contributed by atoms with Crippen molar-refractivity contribution in [3.8, 4) is 5.75 Å². The number of carbonyl (C=O) groups excluding carboxylic acids is 2. The summed E-state index contributed by atoms with van der Waals surface area (Å²) in [7, 11) is 3.11. The molecule has 1 fully saturated rings. The number of nitro groups is 1. The van der Waals surface area contributed by atoms with Gasteiger partial charge in [-0.3, -0.25) is 15.0 Å². The molecule has 1 saturated heterocycles. The summed E-state index contributed by atoms with van der Waals surface area (Å²) in [5.41, 5.74) is -1.44. The Morgan fingerprint density at radius 1 is 1.27 bits per heavy atom. The van der Waals surface area contributed by atoms with Crippen molar-refractivity contribution in [3.05, 3.63) is 40.1 Å². The summed E-state index contributed by atoms with van der Waals surface area (Å²) in [4.78, 5) is 48.7. The first-order valence-electron chi connectivity index (χ1n) is 11.8. The van der Waals surface area contributed by atoms with Crippen LogP contribution in [0.15, 0.2) is 24.3 Å². The van der Waals surface area contributed by atoms with Crippen LogP contribution < -0.4 is 15.0 Å². The van der Waals surface area contributed by atoms with Gasteiger partial charge in [0.25, 0.3) is 0 Å². The number of rotatable bonds is 8. The van der Waals surface area contributed by atoms with Crippen LogP contribution in [-0.2, 0) is 9.47 Å². The number of anilines is 3. The van der Waals surface area contributed by atoms with E-state index < -0.39 is 40.1 Å². The van der Waals surface area contributed by atoms with Crippen LogP contribution in [-0.4, -0.2) is 70.9 Å². The maximum atomic E-state index is 12.8. The van der Waals surface area contributed by atoms with Crippen LogP contribution in [0.4, 0.5) is 27.9 Å². The number of carbonyl (C=O) groups is 2. The van der Waals surface area contributed by atoms with Gasteiger partial charge in [0, 0.05) is 13.6 Å². The molecule has 13 heteroatoms. The second-order valence-corrected chi connectivity index (χ2v) is 9.28. The van der Waals surface area contributed by atoms with Crippen LogP contribution in [0.5, 0.6) is 5.75 Å². The van der Waals surface area contributed by atoms with Crippen LogP contribution in [0.3, 0.4) is 0 Å². The van der Waals surface area contributed by atoms with Crippen LogP contribution in [0.1, 0.15) is 51.0 Å². The number of amides is 1. The molecule has 0 radical (unpaired) electrons. The molecule has 1 N–H and O–H groups in total. The lowest BCUT2D eigenvalue weighted by molar-refractivity contribution is -0.384. The number of hydrogen-bond donors (Lipinski definition) is 1. The number of ether oxygens (including phenoxy) is 3. The summed E-state index contributed by atoms with van der Waals surface area (Å²) in [5, 5.41) is 15.0. The Labute approximate surface area is 214 Å². The number of benzene rings is 1. The van der Waals surface area contributed by atoms with Crippen molar-refractivity contribution in [3.63, 3.8) is 0 Å². The minimum absolute atomic E-state index is 0.00448. The second kappa shape index (κ2) is 11.3. The SMILES string of the molecule is CCOC(=O)c1nc(N(C)[C@H]2CCCN2C(=O)OC(C)(C)C)nc(Nc2ccccc2OC)c1[N+](=O)[O-]. The topological polar surface area (TPSA) is 149 Å². The molecule has 200 valence electrons. The highest BCUT2D eigenvalue weighted by Crippen LogP contribution is 2.35. The molecule has 1 atom stereocenters. The van der Waals surface area contributed by atoms with Crippen LogP contribution in [0.25, 0.3) is 0 Å². The van der Waals surface area contributed by atoms with Gasteiger partial charge in [0.05, 0.1) is 24.3 Å². The van der Waals surface area contributed by atoms with E-state index in [1.807, 2.05) is 0 Å². The molecular formula is C24H32N6O7. The van der Waals surface area contributed by atoms with E-state index in [1.165, 1.54) is 7.11 Å². The molecule has 13 nitrogen and oxygen atoms in total. The minimum Gasteiger partial charge on any atom is -0.495 e. The number of likely N-dealkylation sites (tertiary alicyclic amines) is 1. The largest absolute Gasteiger partial charge is 0.495 e. The summed E-state index contributed by atoms with van der Waals surface area (Å²) in [6, 6.07) is 6.78. The number of methoxy groups -OCH3 is 1. The van der Waals surface area contributed by atoms with Crippen molar-refractivity contribution in [1.29, 1.82) is 0 Å². The molecular weight excluding hydrogens is 484 g/mol. The third-order valence-electron chi connectivity index (χ3n) is 5.50. The lowest BCUT2D eigenvalue weighted by Gasteiger charge is -2.34. The third kappa shape index (κ3) is 6.35. The number of para-hydroxylation sites is 2. The fourth-order valence-electron chi connectivity index (χ4n) is 3.90. The fourth-order valence-corrected chi connectivity index (χ4v) is 3.90. The summed E-state index contributed by atoms with van der Waals surface area (Å²) in [6.45, 7) is 7.37. The number of nitrogens with zero attached hydrogens (tertiary/aromatic N) is 5. The Kier molecular flexibility index (Phi) is 8.35. The molecule has 0 aliphatic carbocycles. The highest BCUT2D eigenvalue weighted by molar-refractivity contribution is 5.95. The maximum absolute atomic E-state index is 12.8. The first-order chi connectivity index (χ1) is 17.5. The average molecular weight is 517 g/mol. The van der Waals surface area contributed by atoms with E-state index >= 15 is 0 Å². The van der Waals surface area contributed by atoms with E-state index in [9.17, 15) is 19.7 Å². The molecule has 2 heterocycles. The Hall–Kier alpha value is -4.16. The second-order valence-electron chi connectivity index (χ2n) is 9.28. The Morgan fingerprint density at radius 2 is 1.97 bits per heavy atom. The number of nitrogens with one attached hydrogen (secondary N) is 1. The van der Waals surface area contributed by atoms with Gasteiger partial charge < -0.3 is 24.4 Å². The number of hydrogen-bond acceptors (Lipinski definition) is 11. The molecule has 0 bridgehead atoms. The maximum Gasteiger partial charge on any atom is 0.411 e. The highest BCUT2D eigenvalue weighted by atomic mass is 16.6. The molecule has 37 heavy (non-hydrogen) atoms. The van der Waals surface area contributed by atoms with E-state index in [-0.39, 0.29) is 18.4 Å². The minimum atomic E-state index is -0.968. The van der Waals surface area contributed by atoms with Crippen LogP contribution in [0, 0.1) is 10.1 Å². The van der Waals surface area contributed by atoms with Crippen molar-refractivity contribution >= 4 is 35.2 Å². The Balaban J connectivity index is 2.09. The molecule has 1 aliphatic rings. The number of esters is 1. The van der Waals surface area contributed by atoms with Crippen LogP contribution in [0.2, 0.25) is 0 Å². The van der Waals surface area contributed by atoms with Gasteiger partial charge in [0.2, 0.25) is 17.5 Å². The van der Waals surface area contributed by atoms with Gasteiger partial charge >= 0.3 is 17.7 Å². The molecule has 1 aromatic carbocycles. The monoisotopic (exact) mass is 516 g/mol. The quantitative estimate of drug-likeness (QED) is 0.307. The predicted molar refractivity (Wildman–Crippen MR) is 135 cm³/mol. The van der Waals surface area contributed by atoms with Gasteiger partial charge in [0.15, 0.2) is 0 Å². The first kappa shape index (κ1) is 27.4. The summed E-state index contributed by atoms with van der Waals surface area (Å²) in [6.07, 6.45) is 0.297. The van der Waals surface area contributed by atoms with E-state index in [4.69, 9.17) is 14.2 Å². The summed E-state index contributed by atoms with van der Waals surface area (Å²) >= 11 is 0. The molecule has 1 aromatic heterocycles. The lowest BCUT2D eigenvalue weighted by atomic mass is 10.2.